The molecule has 0 aromatic carbocycles. The first kappa shape index (κ1) is 13.6. The molecular formula is C13H17NO5. The SMILES string of the molecule is CC1(Cn2c(C(=O)O)cc(O)cc2=O)CCOCC1. The minimum atomic E-state index is -1.22. The Morgan fingerprint density at radius 3 is 2.63 bits per heavy atom. The minimum Gasteiger partial charge on any atom is -0.508 e. The molecule has 0 radical (unpaired) electrons. The van der Waals surface area contributed by atoms with E-state index in [9.17, 15) is 14.7 Å². The van der Waals surface area contributed by atoms with Crippen molar-refractivity contribution >= 4 is 5.97 Å². The van der Waals surface area contributed by atoms with Gasteiger partial charge in [0.15, 0.2) is 0 Å². The van der Waals surface area contributed by atoms with E-state index < -0.39 is 11.5 Å². The molecule has 6 nitrogen and oxygen atoms in total. The normalized spacial score (nSPS) is 18.2. The number of rotatable bonds is 3. The van der Waals surface area contributed by atoms with Gasteiger partial charge in [0.2, 0.25) is 0 Å². The van der Waals surface area contributed by atoms with Gasteiger partial charge < -0.3 is 19.5 Å². The van der Waals surface area contributed by atoms with Crippen LogP contribution in [-0.2, 0) is 11.3 Å². The highest BCUT2D eigenvalue weighted by Crippen LogP contribution is 2.31. The lowest BCUT2D eigenvalue weighted by Gasteiger charge is -2.34. The summed E-state index contributed by atoms with van der Waals surface area (Å²) in [5.41, 5.74) is -0.841. The molecular weight excluding hydrogens is 250 g/mol. The zero-order chi connectivity index (χ0) is 14.0. The second-order valence-electron chi connectivity index (χ2n) is 5.25. The molecule has 0 amide bonds. The highest BCUT2D eigenvalue weighted by atomic mass is 16.5. The lowest BCUT2D eigenvalue weighted by molar-refractivity contribution is 0.0144. The van der Waals surface area contributed by atoms with Crippen LogP contribution in [0.1, 0.15) is 30.3 Å². The molecule has 0 unspecified atom stereocenters. The number of nitrogens with zero attached hydrogens (tertiary/aromatic N) is 1. The molecule has 0 aliphatic carbocycles. The van der Waals surface area contributed by atoms with Crippen LogP contribution < -0.4 is 5.56 Å². The van der Waals surface area contributed by atoms with Gasteiger partial charge in [0.25, 0.3) is 5.56 Å². The summed E-state index contributed by atoms with van der Waals surface area (Å²) in [6, 6.07) is 2.14. The van der Waals surface area contributed by atoms with E-state index in [2.05, 4.69) is 0 Å². The van der Waals surface area contributed by atoms with Gasteiger partial charge in [-0.1, -0.05) is 6.92 Å². The van der Waals surface area contributed by atoms with Gasteiger partial charge in [0, 0.05) is 31.9 Å². The molecule has 0 saturated carbocycles. The highest BCUT2D eigenvalue weighted by molar-refractivity contribution is 5.86. The van der Waals surface area contributed by atoms with E-state index in [-0.39, 0.29) is 16.9 Å². The molecule has 1 aromatic heterocycles. The van der Waals surface area contributed by atoms with Crippen molar-refractivity contribution in [3.05, 3.63) is 28.2 Å². The first-order valence-electron chi connectivity index (χ1n) is 6.16. The number of carboxylic acid groups (broad SMARTS) is 1. The van der Waals surface area contributed by atoms with Gasteiger partial charge in [-0.3, -0.25) is 4.79 Å². The molecule has 19 heavy (non-hydrogen) atoms. The molecule has 1 aromatic rings. The van der Waals surface area contributed by atoms with E-state index >= 15 is 0 Å². The summed E-state index contributed by atoms with van der Waals surface area (Å²) in [5, 5.41) is 18.5. The first-order valence-corrected chi connectivity index (χ1v) is 6.16. The summed E-state index contributed by atoms with van der Waals surface area (Å²) in [5.74, 6) is -1.54. The van der Waals surface area contributed by atoms with Crippen molar-refractivity contribution in [2.45, 2.75) is 26.3 Å². The largest absolute Gasteiger partial charge is 0.508 e. The summed E-state index contributed by atoms with van der Waals surface area (Å²) in [4.78, 5) is 23.1. The van der Waals surface area contributed by atoms with E-state index in [4.69, 9.17) is 9.84 Å². The van der Waals surface area contributed by atoms with Gasteiger partial charge in [-0.2, -0.15) is 0 Å². The number of aromatic nitrogens is 1. The summed E-state index contributed by atoms with van der Waals surface area (Å²) < 4.78 is 6.50. The second kappa shape index (κ2) is 5.05. The third-order valence-corrected chi connectivity index (χ3v) is 3.57. The number of hydrogen-bond acceptors (Lipinski definition) is 4. The fraction of sp³-hybridized carbons (Fsp3) is 0.538. The van der Waals surface area contributed by atoms with Crippen molar-refractivity contribution in [1.82, 2.24) is 4.57 Å². The lowest BCUT2D eigenvalue weighted by atomic mass is 9.82. The van der Waals surface area contributed by atoms with Crippen LogP contribution in [0.2, 0.25) is 0 Å². The average Bonchev–Trinajstić information content (AvgIpc) is 2.33. The lowest BCUT2D eigenvalue weighted by Crippen LogP contribution is -2.36. The Labute approximate surface area is 110 Å². The van der Waals surface area contributed by atoms with E-state index in [1.54, 1.807) is 0 Å². The molecule has 104 valence electrons. The predicted octanol–water partition coefficient (Wildman–Crippen LogP) is 1.07. The van der Waals surface area contributed by atoms with Crippen molar-refractivity contribution in [2.24, 2.45) is 5.41 Å². The Kier molecular flexibility index (Phi) is 3.61. The molecule has 0 atom stereocenters. The fourth-order valence-electron chi connectivity index (χ4n) is 2.33. The van der Waals surface area contributed by atoms with Gasteiger partial charge in [-0.05, 0) is 18.3 Å². The van der Waals surface area contributed by atoms with Gasteiger partial charge in [-0.25, -0.2) is 4.79 Å². The molecule has 2 N–H and O–H groups in total. The number of pyridine rings is 1. The molecule has 2 heterocycles. The maximum atomic E-state index is 11.9. The van der Waals surface area contributed by atoms with Gasteiger partial charge in [-0.15, -0.1) is 0 Å². The zero-order valence-electron chi connectivity index (χ0n) is 10.8. The zero-order valence-corrected chi connectivity index (χ0v) is 10.8. The number of carboxylic acids is 1. The van der Waals surface area contributed by atoms with E-state index in [0.717, 1.165) is 25.0 Å². The Balaban J connectivity index is 2.39. The number of aromatic carboxylic acids is 1. The van der Waals surface area contributed by atoms with E-state index in [1.165, 1.54) is 4.57 Å². The number of aromatic hydroxyl groups is 1. The van der Waals surface area contributed by atoms with Gasteiger partial charge in [0.05, 0.1) is 0 Å². The van der Waals surface area contributed by atoms with Crippen LogP contribution in [0.5, 0.6) is 5.75 Å². The minimum absolute atomic E-state index is 0.163. The Hall–Kier alpha value is -1.82. The second-order valence-corrected chi connectivity index (χ2v) is 5.25. The Bertz CT molecular complexity index is 542. The number of hydrogen-bond donors (Lipinski definition) is 2. The third kappa shape index (κ3) is 2.96. The van der Waals surface area contributed by atoms with Crippen LogP contribution >= 0.6 is 0 Å². The quantitative estimate of drug-likeness (QED) is 0.855. The van der Waals surface area contributed by atoms with Gasteiger partial charge in [0.1, 0.15) is 11.4 Å². The van der Waals surface area contributed by atoms with Crippen LogP contribution in [0.4, 0.5) is 0 Å². The maximum Gasteiger partial charge on any atom is 0.352 e. The first-order chi connectivity index (χ1) is 8.91. The average molecular weight is 267 g/mol. The van der Waals surface area contributed by atoms with Crippen molar-refractivity contribution in [1.29, 1.82) is 0 Å². The van der Waals surface area contributed by atoms with Crippen LogP contribution in [0, 0.1) is 5.41 Å². The van der Waals surface area contributed by atoms with Crippen LogP contribution in [-0.4, -0.2) is 34.0 Å². The van der Waals surface area contributed by atoms with E-state index in [0.29, 0.717) is 19.8 Å². The monoisotopic (exact) mass is 267 g/mol. The van der Waals surface area contributed by atoms with Crippen LogP contribution in [0.25, 0.3) is 0 Å². The molecule has 1 saturated heterocycles. The van der Waals surface area contributed by atoms with Crippen molar-refractivity contribution in [3.63, 3.8) is 0 Å². The van der Waals surface area contributed by atoms with E-state index in [1.807, 2.05) is 6.92 Å². The maximum absolute atomic E-state index is 11.9. The van der Waals surface area contributed by atoms with Crippen molar-refractivity contribution in [3.8, 4) is 5.75 Å². The molecule has 1 aliphatic heterocycles. The smallest absolute Gasteiger partial charge is 0.352 e. The van der Waals surface area contributed by atoms with Crippen molar-refractivity contribution < 1.29 is 19.7 Å². The molecule has 1 aliphatic rings. The summed E-state index contributed by atoms with van der Waals surface area (Å²) in [6.45, 7) is 3.56. The fourth-order valence-corrected chi connectivity index (χ4v) is 2.33. The van der Waals surface area contributed by atoms with Crippen LogP contribution in [0.15, 0.2) is 16.9 Å². The topological polar surface area (TPSA) is 88.8 Å². The molecule has 2 rings (SSSR count). The Morgan fingerprint density at radius 2 is 2.05 bits per heavy atom. The highest BCUT2D eigenvalue weighted by Gasteiger charge is 2.29. The van der Waals surface area contributed by atoms with Crippen molar-refractivity contribution in [2.75, 3.05) is 13.2 Å². The summed E-state index contributed by atoms with van der Waals surface area (Å²) in [6.07, 6.45) is 1.55. The molecule has 0 bridgehead atoms. The standard InChI is InChI=1S/C13H17NO5/c1-13(2-4-19-5-3-13)8-14-10(12(17)18)6-9(15)7-11(14)16/h6-7,15H,2-5,8H2,1H3,(H,17,18). The number of ether oxygens (including phenoxy) is 1. The molecule has 1 fully saturated rings. The number of carbonyl (C=O) groups is 1. The summed E-state index contributed by atoms with van der Waals surface area (Å²) in [7, 11) is 0. The molecule has 6 heteroatoms. The Morgan fingerprint density at radius 1 is 1.42 bits per heavy atom. The van der Waals surface area contributed by atoms with Crippen LogP contribution in [0.3, 0.4) is 0 Å². The third-order valence-electron chi connectivity index (χ3n) is 3.57. The molecule has 0 spiro atoms. The summed E-state index contributed by atoms with van der Waals surface area (Å²) >= 11 is 0. The van der Waals surface area contributed by atoms with Gasteiger partial charge >= 0.3 is 5.97 Å². The predicted molar refractivity (Wildman–Crippen MR) is 67.5 cm³/mol.